The fourth-order valence-corrected chi connectivity index (χ4v) is 2.76. The Bertz CT molecular complexity index is 450. The van der Waals surface area contributed by atoms with Crippen LogP contribution in [0.3, 0.4) is 0 Å². The van der Waals surface area contributed by atoms with Crippen molar-refractivity contribution in [2.24, 2.45) is 0 Å². The van der Waals surface area contributed by atoms with Crippen LogP contribution >= 0.6 is 8.38 Å². The molecule has 0 spiro atoms. The zero-order valence-corrected chi connectivity index (χ0v) is 12.4. The van der Waals surface area contributed by atoms with Gasteiger partial charge in [0.05, 0.1) is 0 Å². The first-order valence-corrected chi connectivity index (χ1v) is 8.00. The predicted octanol–water partition coefficient (Wildman–Crippen LogP) is 2.26. The van der Waals surface area contributed by atoms with Crippen LogP contribution in [0.5, 0.6) is 0 Å². The van der Waals surface area contributed by atoms with Crippen LogP contribution in [-0.2, 0) is 20.5 Å². The second kappa shape index (κ2) is 9.45. The van der Waals surface area contributed by atoms with Gasteiger partial charge in [-0.25, -0.2) is 4.79 Å². The zero-order chi connectivity index (χ0) is 15.7. The van der Waals surface area contributed by atoms with Crippen molar-refractivity contribution in [3.63, 3.8) is 0 Å². The third-order valence-corrected chi connectivity index (χ3v) is 4.00. The molecule has 0 saturated heterocycles. The van der Waals surface area contributed by atoms with Gasteiger partial charge in [-0.2, -0.15) is 0 Å². The molecule has 6 nitrogen and oxygen atoms in total. The second-order valence-corrected chi connectivity index (χ2v) is 5.89. The molecule has 2 atom stereocenters. The summed E-state index contributed by atoms with van der Waals surface area (Å²) in [6.07, 6.45) is 0.0935. The molecule has 116 valence electrons. The fraction of sp³-hybridized carbons (Fsp3) is 0.429. The summed E-state index contributed by atoms with van der Waals surface area (Å²) in [7, 11) is -1.85. The maximum atomic E-state index is 10.9. The number of aryl methyl sites for hydroxylation is 1. The van der Waals surface area contributed by atoms with Crippen LogP contribution < -0.4 is 0 Å². The minimum absolute atomic E-state index is 0.150. The van der Waals surface area contributed by atoms with Crippen LogP contribution in [0.4, 0.5) is 0 Å². The largest absolute Gasteiger partial charge is 0.481 e. The standard InChI is InChI=1S/C14H19O6P/c15-13(16)9-8-12(14(17)18)20-21(19)10-4-7-11-5-2-1-3-6-11/h1-3,5-6,12,19H,4,7-10H2,(H,15,16)(H,17,18). The molecule has 1 aromatic carbocycles. The van der Waals surface area contributed by atoms with E-state index in [0.29, 0.717) is 12.6 Å². The molecule has 0 amide bonds. The quantitative estimate of drug-likeness (QED) is 0.572. The van der Waals surface area contributed by atoms with E-state index < -0.39 is 26.4 Å². The fourth-order valence-electron chi connectivity index (χ4n) is 1.74. The topological polar surface area (TPSA) is 104 Å². The summed E-state index contributed by atoms with van der Waals surface area (Å²) in [6, 6.07) is 9.74. The smallest absolute Gasteiger partial charge is 0.333 e. The summed E-state index contributed by atoms with van der Waals surface area (Å²) in [4.78, 5) is 31.1. The Kier molecular flexibility index (Phi) is 7.90. The minimum atomic E-state index is -1.85. The summed E-state index contributed by atoms with van der Waals surface area (Å²) in [6.45, 7) is 0. The van der Waals surface area contributed by atoms with Gasteiger partial charge in [0.15, 0.2) is 14.5 Å². The lowest BCUT2D eigenvalue weighted by atomic mass is 10.1. The Balaban J connectivity index is 2.31. The van der Waals surface area contributed by atoms with Crippen LogP contribution in [-0.4, -0.2) is 39.3 Å². The Morgan fingerprint density at radius 1 is 1.19 bits per heavy atom. The maximum absolute atomic E-state index is 10.9. The number of rotatable bonds is 10. The van der Waals surface area contributed by atoms with Crippen molar-refractivity contribution in [3.05, 3.63) is 35.9 Å². The first-order valence-electron chi connectivity index (χ1n) is 6.60. The molecule has 2 unspecified atom stereocenters. The van der Waals surface area contributed by atoms with Crippen molar-refractivity contribution in [2.45, 2.75) is 31.8 Å². The van der Waals surface area contributed by atoms with Crippen LogP contribution in [0.25, 0.3) is 0 Å². The van der Waals surface area contributed by atoms with E-state index in [2.05, 4.69) is 0 Å². The second-order valence-electron chi connectivity index (χ2n) is 4.53. The van der Waals surface area contributed by atoms with Gasteiger partial charge in [-0.3, -0.25) is 4.79 Å². The number of hydrogen-bond donors (Lipinski definition) is 3. The Morgan fingerprint density at radius 2 is 1.86 bits per heavy atom. The van der Waals surface area contributed by atoms with Gasteiger partial charge in [-0.1, -0.05) is 30.3 Å². The van der Waals surface area contributed by atoms with Gasteiger partial charge in [0.2, 0.25) is 0 Å². The molecule has 0 aliphatic heterocycles. The molecule has 0 fully saturated rings. The monoisotopic (exact) mass is 314 g/mol. The van der Waals surface area contributed by atoms with Crippen LogP contribution in [0.1, 0.15) is 24.8 Å². The van der Waals surface area contributed by atoms with Crippen molar-refractivity contribution in [2.75, 3.05) is 6.16 Å². The molecular weight excluding hydrogens is 295 g/mol. The van der Waals surface area contributed by atoms with Gasteiger partial charge in [-0.05, 0) is 24.8 Å². The predicted molar refractivity (Wildman–Crippen MR) is 78.1 cm³/mol. The van der Waals surface area contributed by atoms with Crippen LogP contribution in [0.2, 0.25) is 0 Å². The highest BCUT2D eigenvalue weighted by atomic mass is 31.2. The summed E-state index contributed by atoms with van der Waals surface area (Å²) in [5.74, 6) is -2.34. The molecule has 0 aliphatic carbocycles. The third-order valence-electron chi connectivity index (χ3n) is 2.80. The highest BCUT2D eigenvalue weighted by molar-refractivity contribution is 7.46. The first-order chi connectivity index (χ1) is 9.99. The lowest BCUT2D eigenvalue weighted by Crippen LogP contribution is -2.23. The van der Waals surface area contributed by atoms with Crippen molar-refractivity contribution in [1.82, 2.24) is 0 Å². The molecular formula is C14H19O6P. The molecule has 0 bridgehead atoms. The van der Waals surface area contributed by atoms with Gasteiger partial charge >= 0.3 is 11.9 Å². The van der Waals surface area contributed by atoms with Gasteiger partial charge in [0.1, 0.15) is 0 Å². The molecule has 0 aliphatic rings. The molecule has 0 radical (unpaired) electrons. The lowest BCUT2D eigenvalue weighted by molar-refractivity contribution is -0.146. The first kappa shape index (κ1) is 17.6. The van der Waals surface area contributed by atoms with E-state index in [4.69, 9.17) is 14.7 Å². The van der Waals surface area contributed by atoms with Crippen LogP contribution in [0.15, 0.2) is 30.3 Å². The zero-order valence-electron chi connectivity index (χ0n) is 11.5. The van der Waals surface area contributed by atoms with Crippen molar-refractivity contribution in [1.29, 1.82) is 0 Å². The molecule has 0 heterocycles. The number of aliphatic carboxylic acids is 2. The minimum Gasteiger partial charge on any atom is -0.481 e. The van der Waals surface area contributed by atoms with E-state index in [1.807, 2.05) is 30.3 Å². The van der Waals surface area contributed by atoms with Gasteiger partial charge in [0.25, 0.3) is 0 Å². The number of carbonyl (C=O) groups is 2. The number of carboxylic acids is 2. The van der Waals surface area contributed by atoms with E-state index in [-0.39, 0.29) is 12.8 Å². The highest BCUT2D eigenvalue weighted by Crippen LogP contribution is 2.35. The number of hydrogen-bond acceptors (Lipinski definition) is 4. The molecule has 7 heteroatoms. The van der Waals surface area contributed by atoms with Gasteiger partial charge in [0, 0.05) is 12.6 Å². The Labute approximate surface area is 124 Å². The molecule has 1 aromatic rings. The number of benzene rings is 1. The van der Waals surface area contributed by atoms with Crippen LogP contribution in [0, 0.1) is 0 Å². The Morgan fingerprint density at radius 3 is 2.43 bits per heavy atom. The van der Waals surface area contributed by atoms with Crippen molar-refractivity contribution >= 4 is 20.3 Å². The maximum Gasteiger partial charge on any atom is 0.333 e. The van der Waals surface area contributed by atoms with Crippen molar-refractivity contribution < 1.29 is 29.2 Å². The highest BCUT2D eigenvalue weighted by Gasteiger charge is 2.23. The molecule has 21 heavy (non-hydrogen) atoms. The Hall–Kier alpha value is -1.49. The molecule has 0 saturated carbocycles. The third kappa shape index (κ3) is 7.75. The van der Waals surface area contributed by atoms with Gasteiger partial charge < -0.3 is 19.6 Å². The average molecular weight is 314 g/mol. The summed E-state index contributed by atoms with van der Waals surface area (Å²) in [5.41, 5.74) is 1.14. The summed E-state index contributed by atoms with van der Waals surface area (Å²) in [5, 5.41) is 17.5. The van der Waals surface area contributed by atoms with Crippen molar-refractivity contribution in [3.8, 4) is 0 Å². The lowest BCUT2D eigenvalue weighted by Gasteiger charge is -2.16. The SMILES string of the molecule is O=C(O)CCC(OP(O)CCCc1ccccc1)C(=O)O. The number of carboxylic acid groups (broad SMARTS) is 2. The normalized spacial score (nSPS) is 13.6. The molecule has 3 N–H and O–H groups in total. The molecule has 0 aromatic heterocycles. The average Bonchev–Trinajstić information content (AvgIpc) is 2.44. The van der Waals surface area contributed by atoms with E-state index in [0.717, 1.165) is 12.0 Å². The van der Waals surface area contributed by atoms with E-state index >= 15 is 0 Å². The van der Waals surface area contributed by atoms with Gasteiger partial charge in [-0.15, -0.1) is 0 Å². The summed E-state index contributed by atoms with van der Waals surface area (Å²) < 4.78 is 5.06. The summed E-state index contributed by atoms with van der Waals surface area (Å²) >= 11 is 0. The van der Waals surface area contributed by atoms with E-state index in [1.165, 1.54) is 0 Å². The molecule has 1 rings (SSSR count). The van der Waals surface area contributed by atoms with E-state index in [9.17, 15) is 14.5 Å². The van der Waals surface area contributed by atoms with E-state index in [1.54, 1.807) is 0 Å².